The highest BCUT2D eigenvalue weighted by molar-refractivity contribution is 6.00. The van der Waals surface area contributed by atoms with Crippen LogP contribution in [0.15, 0.2) is 18.2 Å². The molecule has 1 fully saturated rings. The molecule has 2 heterocycles. The molecule has 0 aliphatic carbocycles. The zero-order chi connectivity index (χ0) is 13.9. The van der Waals surface area contributed by atoms with Crippen molar-refractivity contribution in [2.24, 2.45) is 0 Å². The molecule has 1 saturated heterocycles. The molecule has 3 rings (SSSR count). The van der Waals surface area contributed by atoms with Gasteiger partial charge in [-0.2, -0.15) is 0 Å². The molecule has 0 saturated carbocycles. The Morgan fingerprint density at radius 3 is 2.81 bits per heavy atom. The minimum Gasteiger partial charge on any atom is -0.493 e. The van der Waals surface area contributed by atoms with Gasteiger partial charge in [-0.25, -0.2) is 0 Å². The van der Waals surface area contributed by atoms with Crippen molar-refractivity contribution in [3.63, 3.8) is 0 Å². The van der Waals surface area contributed by atoms with E-state index in [1.54, 1.807) is 0 Å². The number of benzene rings is 1. The molecule has 3 nitrogen and oxygen atoms in total. The van der Waals surface area contributed by atoms with Gasteiger partial charge in [0.2, 0.25) is 0 Å². The molecule has 0 amide bonds. The minimum absolute atomic E-state index is 0. The largest absolute Gasteiger partial charge is 0.493 e. The zero-order valence-corrected chi connectivity index (χ0v) is 13.5. The van der Waals surface area contributed by atoms with Crippen LogP contribution in [0.1, 0.15) is 48.5 Å². The lowest BCUT2D eigenvalue weighted by Gasteiger charge is -2.26. The third-order valence-corrected chi connectivity index (χ3v) is 4.42. The van der Waals surface area contributed by atoms with E-state index < -0.39 is 0 Å². The number of ether oxygens (including phenoxy) is 1. The van der Waals surface area contributed by atoms with Crippen LogP contribution in [0.5, 0.6) is 5.75 Å². The predicted octanol–water partition coefficient (Wildman–Crippen LogP) is 3.49. The highest BCUT2D eigenvalue weighted by atomic mass is 35.5. The Balaban J connectivity index is 0.00000161. The van der Waals surface area contributed by atoms with Crippen molar-refractivity contribution in [2.45, 2.75) is 45.1 Å². The number of nitrogens with zero attached hydrogens (tertiary/aromatic N) is 1. The number of fused-ring (bicyclic) bond motifs is 1. The van der Waals surface area contributed by atoms with Crippen molar-refractivity contribution in [2.75, 3.05) is 19.7 Å². The van der Waals surface area contributed by atoms with Crippen LogP contribution in [0, 0.1) is 0 Å². The molecule has 0 N–H and O–H groups in total. The molecular weight excluding hydrogens is 286 g/mol. The number of hydrogen-bond donors (Lipinski definition) is 0. The Labute approximate surface area is 133 Å². The Morgan fingerprint density at radius 1 is 1.33 bits per heavy atom. The zero-order valence-electron chi connectivity index (χ0n) is 12.6. The van der Waals surface area contributed by atoms with Crippen molar-refractivity contribution < 1.29 is 9.53 Å². The van der Waals surface area contributed by atoms with E-state index in [1.807, 2.05) is 18.2 Å². The first-order valence-corrected chi connectivity index (χ1v) is 7.83. The van der Waals surface area contributed by atoms with Gasteiger partial charge in [0, 0.05) is 12.0 Å². The summed E-state index contributed by atoms with van der Waals surface area (Å²) in [7, 11) is 0. The number of rotatable bonds is 5. The summed E-state index contributed by atoms with van der Waals surface area (Å²) in [4.78, 5) is 15.2. The monoisotopic (exact) mass is 309 g/mol. The number of Topliss-reactive ketones (excluding diaryl/α,β-unsaturated/α-hetero) is 1. The van der Waals surface area contributed by atoms with Crippen LogP contribution in [-0.2, 0) is 6.42 Å². The summed E-state index contributed by atoms with van der Waals surface area (Å²) < 4.78 is 5.52. The Kier molecular flexibility index (Phi) is 5.65. The lowest BCUT2D eigenvalue weighted by Crippen LogP contribution is -2.39. The normalized spacial score (nSPS) is 18.7. The average molecular weight is 310 g/mol. The molecule has 0 radical (unpaired) electrons. The topological polar surface area (TPSA) is 29.5 Å². The molecule has 1 unspecified atom stereocenters. The predicted molar refractivity (Wildman–Crippen MR) is 86.7 cm³/mol. The van der Waals surface area contributed by atoms with Gasteiger partial charge in [-0.3, -0.25) is 9.69 Å². The maximum atomic E-state index is 12.8. The lowest BCUT2D eigenvalue weighted by atomic mass is 9.97. The van der Waals surface area contributed by atoms with E-state index in [-0.39, 0.29) is 18.4 Å². The molecule has 21 heavy (non-hydrogen) atoms. The fourth-order valence-electron chi connectivity index (χ4n) is 3.34. The van der Waals surface area contributed by atoms with Crippen LogP contribution >= 0.6 is 12.4 Å². The van der Waals surface area contributed by atoms with Gasteiger partial charge in [-0.1, -0.05) is 13.3 Å². The SMILES string of the molecule is CCCC(C(=O)c1ccc2c(c1)CCO2)N1CCCC1.Cl. The first-order chi connectivity index (χ1) is 9.79. The summed E-state index contributed by atoms with van der Waals surface area (Å²) in [6, 6.07) is 6.01. The summed E-state index contributed by atoms with van der Waals surface area (Å²) in [5.74, 6) is 1.25. The fraction of sp³-hybridized carbons (Fsp3) is 0.588. The maximum Gasteiger partial charge on any atom is 0.179 e. The number of carbonyl (C=O) groups excluding carboxylic acids is 1. The van der Waals surface area contributed by atoms with Crippen LogP contribution in [-0.4, -0.2) is 36.4 Å². The first kappa shape index (κ1) is 16.3. The van der Waals surface area contributed by atoms with E-state index >= 15 is 0 Å². The van der Waals surface area contributed by atoms with Gasteiger partial charge in [0.05, 0.1) is 12.6 Å². The van der Waals surface area contributed by atoms with E-state index in [0.29, 0.717) is 5.78 Å². The number of hydrogen-bond acceptors (Lipinski definition) is 3. The molecule has 0 bridgehead atoms. The van der Waals surface area contributed by atoms with Crippen LogP contribution < -0.4 is 4.74 Å². The molecule has 1 atom stereocenters. The molecule has 1 aromatic carbocycles. The second-order valence-corrected chi connectivity index (χ2v) is 5.83. The molecule has 0 aromatic heterocycles. The summed E-state index contributed by atoms with van der Waals surface area (Å²) >= 11 is 0. The third kappa shape index (κ3) is 3.41. The summed E-state index contributed by atoms with van der Waals surface area (Å²) in [6.45, 7) is 5.05. The summed E-state index contributed by atoms with van der Waals surface area (Å²) in [6.07, 6.45) is 5.41. The molecule has 1 aromatic rings. The van der Waals surface area contributed by atoms with E-state index in [2.05, 4.69) is 11.8 Å². The van der Waals surface area contributed by atoms with Crippen molar-refractivity contribution in [3.05, 3.63) is 29.3 Å². The summed E-state index contributed by atoms with van der Waals surface area (Å²) in [5.41, 5.74) is 2.05. The third-order valence-electron chi connectivity index (χ3n) is 4.42. The molecule has 0 spiro atoms. The molecule has 2 aliphatic heterocycles. The first-order valence-electron chi connectivity index (χ1n) is 7.83. The van der Waals surface area contributed by atoms with Crippen LogP contribution in [0.25, 0.3) is 0 Å². The second kappa shape index (κ2) is 7.28. The van der Waals surface area contributed by atoms with Crippen LogP contribution in [0.3, 0.4) is 0 Å². The van der Waals surface area contributed by atoms with E-state index in [1.165, 1.54) is 18.4 Å². The van der Waals surface area contributed by atoms with Gasteiger partial charge in [0.1, 0.15) is 5.75 Å². The number of likely N-dealkylation sites (tertiary alicyclic amines) is 1. The molecular formula is C17H24ClNO2. The van der Waals surface area contributed by atoms with E-state index in [0.717, 1.165) is 50.3 Å². The van der Waals surface area contributed by atoms with Gasteiger partial charge in [0.25, 0.3) is 0 Å². The minimum atomic E-state index is 0. The van der Waals surface area contributed by atoms with Gasteiger partial charge in [-0.05, 0) is 56.1 Å². The standard InChI is InChI=1S/C17H23NO2.ClH/c1-2-5-15(18-9-3-4-10-18)17(19)14-6-7-16-13(12-14)8-11-20-16;/h6-7,12,15H,2-5,8-11H2,1H3;1H. The molecule has 2 aliphatic rings. The van der Waals surface area contributed by atoms with Gasteiger partial charge in [-0.15, -0.1) is 12.4 Å². The highest BCUT2D eigenvalue weighted by Crippen LogP contribution is 2.27. The fourth-order valence-corrected chi connectivity index (χ4v) is 3.34. The number of halogens is 1. The number of ketones is 1. The van der Waals surface area contributed by atoms with E-state index in [9.17, 15) is 4.79 Å². The Bertz CT molecular complexity index is 498. The second-order valence-electron chi connectivity index (χ2n) is 5.83. The lowest BCUT2D eigenvalue weighted by molar-refractivity contribution is 0.0837. The van der Waals surface area contributed by atoms with Crippen molar-refractivity contribution in [1.82, 2.24) is 4.90 Å². The highest BCUT2D eigenvalue weighted by Gasteiger charge is 2.28. The molecule has 116 valence electrons. The summed E-state index contributed by atoms with van der Waals surface area (Å²) in [5, 5.41) is 0. The van der Waals surface area contributed by atoms with Gasteiger partial charge < -0.3 is 4.74 Å². The van der Waals surface area contributed by atoms with Crippen LogP contribution in [0.4, 0.5) is 0 Å². The van der Waals surface area contributed by atoms with Gasteiger partial charge in [0.15, 0.2) is 5.78 Å². The van der Waals surface area contributed by atoms with Crippen molar-refractivity contribution >= 4 is 18.2 Å². The van der Waals surface area contributed by atoms with Crippen LogP contribution in [0.2, 0.25) is 0 Å². The van der Waals surface area contributed by atoms with Crippen molar-refractivity contribution in [1.29, 1.82) is 0 Å². The number of carbonyl (C=O) groups is 1. The molecule has 4 heteroatoms. The average Bonchev–Trinajstić information content (AvgIpc) is 3.13. The smallest absolute Gasteiger partial charge is 0.179 e. The quantitative estimate of drug-likeness (QED) is 0.780. The Morgan fingerprint density at radius 2 is 2.10 bits per heavy atom. The van der Waals surface area contributed by atoms with E-state index in [4.69, 9.17) is 4.74 Å². The Hall–Kier alpha value is -1.06. The van der Waals surface area contributed by atoms with Crippen molar-refractivity contribution in [3.8, 4) is 5.75 Å². The maximum absolute atomic E-state index is 12.8. The van der Waals surface area contributed by atoms with Gasteiger partial charge >= 0.3 is 0 Å².